The van der Waals surface area contributed by atoms with Crippen molar-refractivity contribution in [1.82, 2.24) is 14.8 Å². The van der Waals surface area contributed by atoms with Crippen molar-refractivity contribution >= 4 is 44.4 Å². The van der Waals surface area contributed by atoms with Gasteiger partial charge in [-0.25, -0.2) is 0 Å². The first-order valence-electron chi connectivity index (χ1n) is 9.21. The first-order chi connectivity index (χ1) is 13.5. The Morgan fingerprint density at radius 2 is 1.96 bits per heavy atom. The van der Waals surface area contributed by atoms with Crippen LogP contribution in [0, 0.1) is 0 Å². The fraction of sp³-hybridized carbons (Fsp3) is 0.286. The van der Waals surface area contributed by atoms with E-state index < -0.39 is 12.0 Å². The number of halogens is 2. The Kier molecular flexibility index (Phi) is 5.73. The Bertz CT molecular complexity index is 998. The highest BCUT2D eigenvalue weighted by atomic mass is 79.9. The summed E-state index contributed by atoms with van der Waals surface area (Å²) >= 11 is 9.57. The topological polar surface area (TPSA) is 59.6 Å². The van der Waals surface area contributed by atoms with E-state index in [4.69, 9.17) is 11.6 Å². The lowest BCUT2D eigenvalue weighted by molar-refractivity contribution is -0.144. The average molecular weight is 463 g/mol. The molecule has 28 heavy (non-hydrogen) atoms. The predicted molar refractivity (Wildman–Crippen MR) is 115 cm³/mol. The standard InChI is InChI=1S/C21H21BrClN3O2/c22-15-4-5-19-17(11-15)18(12-24-19)20(21(27)28)26-8-6-25(7-9-26)13-14-2-1-3-16(23)10-14/h1-5,10-12,20,24H,6-9,13H2,(H,27,28)/t20-/m0/s1. The third kappa shape index (κ3) is 4.10. The van der Waals surface area contributed by atoms with Crippen molar-refractivity contribution in [1.29, 1.82) is 0 Å². The van der Waals surface area contributed by atoms with Gasteiger partial charge in [0.15, 0.2) is 0 Å². The molecule has 5 nitrogen and oxygen atoms in total. The zero-order chi connectivity index (χ0) is 19.7. The van der Waals surface area contributed by atoms with Crippen LogP contribution < -0.4 is 0 Å². The highest BCUT2D eigenvalue weighted by Crippen LogP contribution is 2.31. The number of carboxylic acid groups (broad SMARTS) is 1. The molecule has 1 aromatic heterocycles. The van der Waals surface area contributed by atoms with Gasteiger partial charge in [-0.15, -0.1) is 0 Å². The van der Waals surface area contributed by atoms with Gasteiger partial charge >= 0.3 is 5.97 Å². The van der Waals surface area contributed by atoms with E-state index in [0.717, 1.165) is 45.6 Å². The molecule has 146 valence electrons. The number of carbonyl (C=O) groups is 1. The summed E-state index contributed by atoms with van der Waals surface area (Å²) in [6, 6.07) is 13.1. The molecule has 3 aromatic rings. The predicted octanol–water partition coefficient (Wildman–Crippen LogP) is 4.53. The number of benzene rings is 2. The number of aromatic amines is 1. The number of fused-ring (bicyclic) bond motifs is 1. The number of nitrogens with one attached hydrogen (secondary N) is 1. The van der Waals surface area contributed by atoms with Crippen LogP contribution in [-0.4, -0.2) is 52.0 Å². The van der Waals surface area contributed by atoms with Crippen molar-refractivity contribution in [3.8, 4) is 0 Å². The molecule has 1 fully saturated rings. The number of nitrogens with zero attached hydrogens (tertiary/aromatic N) is 2. The smallest absolute Gasteiger partial charge is 0.325 e. The maximum Gasteiger partial charge on any atom is 0.325 e. The lowest BCUT2D eigenvalue weighted by Crippen LogP contribution is -2.48. The second-order valence-corrected chi connectivity index (χ2v) is 8.47. The maximum absolute atomic E-state index is 12.1. The van der Waals surface area contributed by atoms with Gasteiger partial charge in [-0.1, -0.05) is 39.7 Å². The van der Waals surface area contributed by atoms with Gasteiger partial charge in [-0.3, -0.25) is 14.6 Å². The second-order valence-electron chi connectivity index (χ2n) is 7.12. The summed E-state index contributed by atoms with van der Waals surface area (Å²) < 4.78 is 0.941. The normalized spacial score (nSPS) is 17.1. The molecular weight excluding hydrogens is 442 g/mol. The van der Waals surface area contributed by atoms with Crippen LogP contribution in [0.4, 0.5) is 0 Å². The third-order valence-electron chi connectivity index (χ3n) is 5.27. The van der Waals surface area contributed by atoms with Gasteiger partial charge in [0, 0.05) is 64.9 Å². The Morgan fingerprint density at radius 3 is 2.68 bits per heavy atom. The largest absolute Gasteiger partial charge is 0.480 e. The Labute approximate surface area is 177 Å². The highest BCUT2D eigenvalue weighted by molar-refractivity contribution is 9.10. The van der Waals surface area contributed by atoms with Crippen molar-refractivity contribution in [2.24, 2.45) is 0 Å². The summed E-state index contributed by atoms with van der Waals surface area (Å²) in [5.74, 6) is -0.816. The molecule has 2 aromatic carbocycles. The lowest BCUT2D eigenvalue weighted by Gasteiger charge is -2.37. The van der Waals surface area contributed by atoms with Crippen molar-refractivity contribution in [2.75, 3.05) is 26.2 Å². The van der Waals surface area contributed by atoms with Crippen LogP contribution in [0.2, 0.25) is 5.02 Å². The molecule has 7 heteroatoms. The first-order valence-corrected chi connectivity index (χ1v) is 10.4. The quantitative estimate of drug-likeness (QED) is 0.585. The number of hydrogen-bond donors (Lipinski definition) is 2. The van der Waals surface area contributed by atoms with Crippen LogP contribution in [0.1, 0.15) is 17.2 Å². The molecule has 0 unspecified atom stereocenters. The van der Waals surface area contributed by atoms with Crippen molar-refractivity contribution in [3.63, 3.8) is 0 Å². The van der Waals surface area contributed by atoms with E-state index in [1.54, 1.807) is 0 Å². The molecule has 4 rings (SSSR count). The zero-order valence-electron chi connectivity index (χ0n) is 15.2. The number of rotatable bonds is 5. The molecule has 0 spiro atoms. The average Bonchev–Trinajstić information content (AvgIpc) is 3.06. The highest BCUT2D eigenvalue weighted by Gasteiger charge is 2.32. The molecule has 1 saturated heterocycles. The zero-order valence-corrected chi connectivity index (χ0v) is 17.6. The SMILES string of the molecule is O=C(O)[C@H](c1c[nH]c2ccc(Br)cc12)N1CCN(Cc2cccc(Cl)c2)CC1. The molecule has 1 aliphatic rings. The van der Waals surface area contributed by atoms with Gasteiger partial charge in [-0.05, 0) is 35.9 Å². The molecule has 0 radical (unpaired) electrons. The van der Waals surface area contributed by atoms with Crippen LogP contribution in [0.15, 0.2) is 53.1 Å². The number of aliphatic carboxylic acids is 1. The van der Waals surface area contributed by atoms with Gasteiger partial charge in [0.1, 0.15) is 6.04 Å². The lowest BCUT2D eigenvalue weighted by atomic mass is 10.0. The molecule has 0 aliphatic carbocycles. The van der Waals surface area contributed by atoms with Crippen molar-refractivity contribution < 1.29 is 9.90 Å². The van der Waals surface area contributed by atoms with E-state index >= 15 is 0 Å². The molecule has 0 amide bonds. The van der Waals surface area contributed by atoms with E-state index in [-0.39, 0.29) is 0 Å². The van der Waals surface area contributed by atoms with Crippen molar-refractivity contribution in [3.05, 3.63) is 69.3 Å². The van der Waals surface area contributed by atoms with Gasteiger partial charge < -0.3 is 10.1 Å². The summed E-state index contributed by atoms with van der Waals surface area (Å²) in [6.07, 6.45) is 1.83. The number of piperazine rings is 1. The summed E-state index contributed by atoms with van der Waals surface area (Å²) in [4.78, 5) is 19.7. The van der Waals surface area contributed by atoms with Crippen molar-refractivity contribution in [2.45, 2.75) is 12.6 Å². The van der Waals surface area contributed by atoms with E-state index in [1.807, 2.05) is 42.6 Å². The van der Waals surface area contributed by atoms with Crippen LogP contribution >= 0.6 is 27.5 Å². The third-order valence-corrected chi connectivity index (χ3v) is 6.00. The van der Waals surface area contributed by atoms with E-state index in [2.05, 4.69) is 36.8 Å². The molecule has 0 bridgehead atoms. The van der Waals surface area contributed by atoms with Gasteiger partial charge in [0.2, 0.25) is 0 Å². The van der Waals surface area contributed by atoms with Gasteiger partial charge in [0.25, 0.3) is 0 Å². The minimum atomic E-state index is -0.816. The van der Waals surface area contributed by atoms with Gasteiger partial charge in [0.05, 0.1) is 0 Å². The minimum Gasteiger partial charge on any atom is -0.480 e. The number of hydrogen-bond acceptors (Lipinski definition) is 3. The molecule has 0 saturated carbocycles. The fourth-order valence-electron chi connectivity index (χ4n) is 3.90. The molecular formula is C21H21BrClN3O2. The van der Waals surface area contributed by atoms with E-state index in [1.165, 1.54) is 5.56 Å². The van der Waals surface area contributed by atoms with E-state index in [9.17, 15) is 9.90 Å². The summed E-state index contributed by atoms with van der Waals surface area (Å²) in [7, 11) is 0. The Hall–Kier alpha value is -1.86. The summed E-state index contributed by atoms with van der Waals surface area (Å²) in [5, 5.41) is 11.7. The minimum absolute atomic E-state index is 0.656. The van der Waals surface area contributed by atoms with E-state index in [0.29, 0.717) is 13.1 Å². The van der Waals surface area contributed by atoms with Crippen LogP contribution in [0.3, 0.4) is 0 Å². The first kappa shape index (κ1) is 19.5. The maximum atomic E-state index is 12.1. The fourth-order valence-corrected chi connectivity index (χ4v) is 4.47. The molecule has 1 atom stereocenters. The van der Waals surface area contributed by atoms with Crippen LogP contribution in [-0.2, 0) is 11.3 Å². The Morgan fingerprint density at radius 1 is 1.18 bits per heavy atom. The van der Waals surface area contributed by atoms with Crippen LogP contribution in [0.25, 0.3) is 10.9 Å². The summed E-state index contributed by atoms with van der Waals surface area (Å²) in [6.45, 7) is 3.88. The second kappa shape index (κ2) is 8.25. The monoisotopic (exact) mass is 461 g/mol. The summed E-state index contributed by atoms with van der Waals surface area (Å²) in [5.41, 5.74) is 2.94. The molecule has 2 heterocycles. The Balaban J connectivity index is 1.49. The van der Waals surface area contributed by atoms with Gasteiger partial charge in [-0.2, -0.15) is 0 Å². The number of carboxylic acids is 1. The number of H-pyrrole nitrogens is 1. The molecule has 2 N–H and O–H groups in total. The van der Waals surface area contributed by atoms with Crippen LogP contribution in [0.5, 0.6) is 0 Å². The molecule has 1 aliphatic heterocycles. The number of aromatic nitrogens is 1.